The minimum absolute atomic E-state index is 0.257. The lowest BCUT2D eigenvalue weighted by Crippen LogP contribution is -2.31. The van der Waals surface area contributed by atoms with E-state index in [1.54, 1.807) is 18.3 Å². The van der Waals surface area contributed by atoms with Crippen LogP contribution < -0.4 is 11.1 Å². The molecular weight excluding hydrogens is 316 g/mol. The van der Waals surface area contributed by atoms with E-state index in [0.29, 0.717) is 11.1 Å². The standard InChI is InChI=1S/C19H18N4O2/c1-23-12-11-21-18(23)16(13-5-3-2-4-6-13)22-19(25)15-9-7-14(8-10-15)17(20)24/h2-12,16H,1H3,(H2,20,24)(H,22,25)/t16-/m1/s1. The maximum atomic E-state index is 12.7. The van der Waals surface area contributed by atoms with Crippen LogP contribution in [0, 0.1) is 0 Å². The number of aryl methyl sites for hydroxylation is 1. The quantitative estimate of drug-likeness (QED) is 0.748. The van der Waals surface area contributed by atoms with Crippen LogP contribution in [0.3, 0.4) is 0 Å². The number of hydrogen-bond acceptors (Lipinski definition) is 3. The highest BCUT2D eigenvalue weighted by atomic mass is 16.2. The summed E-state index contributed by atoms with van der Waals surface area (Å²) in [5.41, 5.74) is 6.96. The summed E-state index contributed by atoms with van der Waals surface area (Å²) in [7, 11) is 1.88. The van der Waals surface area contributed by atoms with Crippen molar-refractivity contribution < 1.29 is 9.59 Å². The van der Waals surface area contributed by atoms with Gasteiger partial charge in [-0.3, -0.25) is 9.59 Å². The number of aromatic nitrogens is 2. The summed E-state index contributed by atoms with van der Waals surface area (Å²) >= 11 is 0. The third-order valence-corrected chi connectivity index (χ3v) is 3.96. The molecule has 2 amide bonds. The van der Waals surface area contributed by atoms with E-state index in [4.69, 9.17) is 5.73 Å². The predicted octanol–water partition coefficient (Wildman–Crippen LogP) is 2.04. The van der Waals surface area contributed by atoms with Crippen LogP contribution in [0.1, 0.15) is 38.1 Å². The smallest absolute Gasteiger partial charge is 0.252 e. The maximum absolute atomic E-state index is 12.7. The number of carbonyl (C=O) groups excluding carboxylic acids is 2. The van der Waals surface area contributed by atoms with Crippen LogP contribution in [0.2, 0.25) is 0 Å². The first-order chi connectivity index (χ1) is 12.1. The van der Waals surface area contributed by atoms with E-state index >= 15 is 0 Å². The van der Waals surface area contributed by atoms with Crippen LogP contribution in [-0.2, 0) is 7.05 Å². The highest BCUT2D eigenvalue weighted by Crippen LogP contribution is 2.21. The van der Waals surface area contributed by atoms with E-state index in [2.05, 4.69) is 10.3 Å². The topological polar surface area (TPSA) is 90.0 Å². The van der Waals surface area contributed by atoms with Gasteiger partial charge in [0.15, 0.2) is 0 Å². The van der Waals surface area contributed by atoms with Gasteiger partial charge in [0, 0.05) is 30.6 Å². The number of amides is 2. The second-order valence-corrected chi connectivity index (χ2v) is 5.66. The van der Waals surface area contributed by atoms with E-state index in [1.807, 2.05) is 48.1 Å². The number of imidazole rings is 1. The molecule has 6 nitrogen and oxygen atoms in total. The van der Waals surface area contributed by atoms with Crippen LogP contribution in [0.15, 0.2) is 67.0 Å². The molecular formula is C19H18N4O2. The van der Waals surface area contributed by atoms with Gasteiger partial charge in [-0.1, -0.05) is 30.3 Å². The summed E-state index contributed by atoms with van der Waals surface area (Å²) in [4.78, 5) is 28.2. The Bertz CT molecular complexity index is 885. The zero-order valence-corrected chi connectivity index (χ0v) is 13.7. The molecule has 0 aliphatic rings. The Kier molecular flexibility index (Phi) is 4.61. The second kappa shape index (κ2) is 7.00. The minimum atomic E-state index is -0.526. The Morgan fingerprint density at radius 1 is 1.04 bits per heavy atom. The van der Waals surface area contributed by atoms with E-state index in [1.165, 1.54) is 12.1 Å². The molecule has 0 unspecified atom stereocenters. The summed E-state index contributed by atoms with van der Waals surface area (Å²) in [5, 5.41) is 3.00. The second-order valence-electron chi connectivity index (χ2n) is 5.66. The molecule has 1 aromatic heterocycles. The molecule has 3 aromatic rings. The van der Waals surface area contributed by atoms with Gasteiger partial charge in [-0.15, -0.1) is 0 Å². The molecule has 3 N–H and O–H groups in total. The Morgan fingerprint density at radius 2 is 1.68 bits per heavy atom. The number of rotatable bonds is 5. The largest absolute Gasteiger partial charge is 0.366 e. The molecule has 0 spiro atoms. The first kappa shape index (κ1) is 16.4. The van der Waals surface area contributed by atoms with Gasteiger partial charge in [0.25, 0.3) is 5.91 Å². The predicted molar refractivity (Wildman–Crippen MR) is 93.9 cm³/mol. The number of carbonyl (C=O) groups is 2. The van der Waals surface area contributed by atoms with Gasteiger partial charge in [-0.2, -0.15) is 0 Å². The molecule has 126 valence electrons. The molecule has 6 heteroatoms. The van der Waals surface area contributed by atoms with Crippen molar-refractivity contribution in [1.82, 2.24) is 14.9 Å². The van der Waals surface area contributed by atoms with E-state index in [9.17, 15) is 9.59 Å². The van der Waals surface area contributed by atoms with Crippen LogP contribution >= 0.6 is 0 Å². The number of nitrogens with zero attached hydrogens (tertiary/aromatic N) is 2. The van der Waals surface area contributed by atoms with Gasteiger partial charge >= 0.3 is 0 Å². The fraction of sp³-hybridized carbons (Fsp3) is 0.105. The fourth-order valence-electron chi connectivity index (χ4n) is 2.60. The lowest BCUT2D eigenvalue weighted by atomic mass is 10.0. The Labute approximate surface area is 145 Å². The van der Waals surface area contributed by atoms with Crippen LogP contribution in [0.5, 0.6) is 0 Å². The van der Waals surface area contributed by atoms with Gasteiger partial charge in [-0.05, 0) is 29.8 Å². The maximum Gasteiger partial charge on any atom is 0.252 e. The summed E-state index contributed by atoms with van der Waals surface area (Å²) in [6, 6.07) is 15.5. The van der Waals surface area contributed by atoms with Crippen molar-refractivity contribution in [2.24, 2.45) is 12.8 Å². The molecule has 25 heavy (non-hydrogen) atoms. The average Bonchev–Trinajstić information content (AvgIpc) is 3.06. The summed E-state index contributed by atoms with van der Waals surface area (Å²) in [6.45, 7) is 0. The number of nitrogens with two attached hydrogens (primary N) is 1. The number of hydrogen-bond donors (Lipinski definition) is 2. The van der Waals surface area contributed by atoms with Crippen LogP contribution in [-0.4, -0.2) is 21.4 Å². The molecule has 0 saturated carbocycles. The summed E-state index contributed by atoms with van der Waals surface area (Å²) in [5.74, 6) is -0.0525. The van der Waals surface area contributed by atoms with Crippen molar-refractivity contribution in [2.45, 2.75) is 6.04 Å². The van der Waals surface area contributed by atoms with Gasteiger partial charge in [0.2, 0.25) is 5.91 Å². The third-order valence-electron chi connectivity index (χ3n) is 3.96. The number of primary amides is 1. The average molecular weight is 334 g/mol. The van der Waals surface area contributed by atoms with Crippen molar-refractivity contribution in [3.8, 4) is 0 Å². The van der Waals surface area contributed by atoms with Crippen molar-refractivity contribution >= 4 is 11.8 Å². The zero-order chi connectivity index (χ0) is 17.8. The molecule has 2 aromatic carbocycles. The Balaban J connectivity index is 1.89. The van der Waals surface area contributed by atoms with Crippen molar-refractivity contribution in [3.05, 3.63) is 89.5 Å². The normalized spacial score (nSPS) is 11.7. The molecule has 3 rings (SSSR count). The monoisotopic (exact) mass is 334 g/mol. The summed E-state index contributed by atoms with van der Waals surface area (Å²) < 4.78 is 1.87. The SMILES string of the molecule is Cn1ccnc1[C@H](NC(=O)c1ccc(C(N)=O)cc1)c1ccccc1. The molecule has 0 aliphatic heterocycles. The fourth-order valence-corrected chi connectivity index (χ4v) is 2.60. The first-order valence-electron chi connectivity index (χ1n) is 7.79. The van der Waals surface area contributed by atoms with Gasteiger partial charge in [0.05, 0.1) is 0 Å². The van der Waals surface area contributed by atoms with Crippen molar-refractivity contribution in [3.63, 3.8) is 0 Å². The Morgan fingerprint density at radius 3 is 2.24 bits per heavy atom. The van der Waals surface area contributed by atoms with E-state index in [0.717, 1.165) is 11.4 Å². The lowest BCUT2D eigenvalue weighted by Gasteiger charge is -2.19. The zero-order valence-electron chi connectivity index (χ0n) is 13.7. The molecule has 1 heterocycles. The number of benzene rings is 2. The van der Waals surface area contributed by atoms with Gasteiger partial charge < -0.3 is 15.6 Å². The third kappa shape index (κ3) is 3.58. The highest BCUT2D eigenvalue weighted by Gasteiger charge is 2.21. The van der Waals surface area contributed by atoms with E-state index in [-0.39, 0.29) is 11.9 Å². The molecule has 0 aliphatic carbocycles. The van der Waals surface area contributed by atoms with Crippen LogP contribution in [0.4, 0.5) is 0 Å². The molecule has 1 atom stereocenters. The molecule has 0 fully saturated rings. The first-order valence-corrected chi connectivity index (χ1v) is 7.79. The molecule has 0 bridgehead atoms. The molecule has 0 saturated heterocycles. The number of nitrogens with one attached hydrogen (secondary N) is 1. The van der Waals surface area contributed by atoms with Crippen molar-refractivity contribution in [1.29, 1.82) is 0 Å². The van der Waals surface area contributed by atoms with Crippen LogP contribution in [0.25, 0.3) is 0 Å². The molecule has 0 radical (unpaired) electrons. The highest BCUT2D eigenvalue weighted by molar-refractivity contribution is 5.97. The lowest BCUT2D eigenvalue weighted by molar-refractivity contribution is 0.0939. The van der Waals surface area contributed by atoms with Gasteiger partial charge in [-0.25, -0.2) is 4.98 Å². The summed E-state index contributed by atoms with van der Waals surface area (Å²) in [6.07, 6.45) is 3.53. The Hall–Kier alpha value is -3.41. The van der Waals surface area contributed by atoms with E-state index < -0.39 is 5.91 Å². The minimum Gasteiger partial charge on any atom is -0.366 e. The van der Waals surface area contributed by atoms with Crippen molar-refractivity contribution in [2.75, 3.05) is 0 Å². The van der Waals surface area contributed by atoms with Gasteiger partial charge in [0.1, 0.15) is 11.9 Å².